The molecule has 1 heterocycles. The highest BCUT2D eigenvalue weighted by Crippen LogP contribution is 2.18. The molecule has 1 fully saturated rings. The molecule has 1 rings (SSSR count). The molecule has 0 radical (unpaired) electrons. The summed E-state index contributed by atoms with van der Waals surface area (Å²) in [5.41, 5.74) is -0.0248. The second kappa shape index (κ2) is 5.47. The van der Waals surface area contributed by atoms with Gasteiger partial charge in [-0.2, -0.15) is 0 Å². The van der Waals surface area contributed by atoms with Crippen molar-refractivity contribution in [2.24, 2.45) is 5.41 Å². The average Bonchev–Trinajstić information content (AvgIpc) is 2.67. The minimum Gasteiger partial charge on any atom is -0.396 e. The van der Waals surface area contributed by atoms with Gasteiger partial charge in [0.15, 0.2) is 0 Å². The van der Waals surface area contributed by atoms with Crippen LogP contribution in [0.1, 0.15) is 33.1 Å². The first-order valence-electron chi connectivity index (χ1n) is 5.67. The zero-order chi connectivity index (χ0) is 11.3. The molecule has 4 nitrogen and oxygen atoms in total. The van der Waals surface area contributed by atoms with Gasteiger partial charge in [0.05, 0.1) is 6.04 Å². The summed E-state index contributed by atoms with van der Waals surface area (Å²) >= 11 is 0. The molecule has 1 saturated heterocycles. The number of hydrogen-bond acceptors (Lipinski definition) is 3. The predicted octanol–water partition coefficient (Wildman–Crippen LogP) is 0.263. The largest absolute Gasteiger partial charge is 0.396 e. The zero-order valence-corrected chi connectivity index (χ0v) is 9.68. The Kier molecular flexibility index (Phi) is 4.54. The van der Waals surface area contributed by atoms with E-state index in [2.05, 4.69) is 10.6 Å². The van der Waals surface area contributed by atoms with Crippen LogP contribution in [0.3, 0.4) is 0 Å². The average molecular weight is 214 g/mol. The van der Waals surface area contributed by atoms with Crippen molar-refractivity contribution in [3.63, 3.8) is 0 Å². The molecule has 15 heavy (non-hydrogen) atoms. The Morgan fingerprint density at radius 3 is 2.87 bits per heavy atom. The van der Waals surface area contributed by atoms with E-state index in [0.717, 1.165) is 19.4 Å². The third-order valence-corrected chi connectivity index (χ3v) is 2.91. The molecule has 0 spiro atoms. The molecule has 0 bridgehead atoms. The van der Waals surface area contributed by atoms with Crippen LogP contribution in [0.5, 0.6) is 0 Å². The molecule has 0 saturated carbocycles. The lowest BCUT2D eigenvalue weighted by molar-refractivity contribution is -0.123. The zero-order valence-electron chi connectivity index (χ0n) is 9.68. The molecule has 88 valence electrons. The summed E-state index contributed by atoms with van der Waals surface area (Å²) in [6, 6.07) is -0.00470. The van der Waals surface area contributed by atoms with E-state index in [1.54, 1.807) is 0 Å². The van der Waals surface area contributed by atoms with Crippen LogP contribution < -0.4 is 10.6 Å². The summed E-state index contributed by atoms with van der Waals surface area (Å²) in [4.78, 5) is 11.7. The minimum absolute atomic E-state index is 0.00470. The van der Waals surface area contributed by atoms with Gasteiger partial charge in [0.2, 0.25) is 5.91 Å². The third-order valence-electron chi connectivity index (χ3n) is 2.91. The first kappa shape index (κ1) is 12.5. The van der Waals surface area contributed by atoms with Gasteiger partial charge in [0.1, 0.15) is 0 Å². The van der Waals surface area contributed by atoms with Crippen LogP contribution >= 0.6 is 0 Å². The van der Waals surface area contributed by atoms with Crippen LogP contribution in [0.4, 0.5) is 0 Å². The number of aliphatic hydroxyl groups is 1. The smallest absolute Gasteiger partial charge is 0.237 e. The van der Waals surface area contributed by atoms with E-state index in [1.165, 1.54) is 0 Å². The van der Waals surface area contributed by atoms with Gasteiger partial charge in [-0.05, 0) is 31.2 Å². The van der Waals surface area contributed by atoms with Crippen molar-refractivity contribution in [1.82, 2.24) is 10.6 Å². The van der Waals surface area contributed by atoms with Crippen LogP contribution in [0, 0.1) is 5.41 Å². The summed E-state index contributed by atoms with van der Waals surface area (Å²) in [7, 11) is 0. The molecule has 1 unspecified atom stereocenters. The maximum absolute atomic E-state index is 11.7. The van der Waals surface area contributed by atoms with Gasteiger partial charge >= 0.3 is 0 Å². The molecule has 0 aromatic rings. The standard InChI is InChI=1S/C11H22N2O2/c1-11(2,5-7-14)8-13-10(15)9-4-3-6-12-9/h9,12,14H,3-8H2,1-2H3,(H,13,15). The van der Waals surface area contributed by atoms with E-state index in [4.69, 9.17) is 5.11 Å². The van der Waals surface area contributed by atoms with Gasteiger partial charge in [-0.3, -0.25) is 4.79 Å². The predicted molar refractivity (Wildman–Crippen MR) is 59.5 cm³/mol. The fourth-order valence-corrected chi connectivity index (χ4v) is 1.75. The maximum atomic E-state index is 11.7. The van der Waals surface area contributed by atoms with Crippen LogP contribution in [-0.4, -0.2) is 36.8 Å². The van der Waals surface area contributed by atoms with Crippen molar-refractivity contribution >= 4 is 5.91 Å². The molecular weight excluding hydrogens is 192 g/mol. The van der Waals surface area contributed by atoms with Gasteiger partial charge in [-0.25, -0.2) is 0 Å². The molecule has 1 aliphatic rings. The first-order chi connectivity index (χ1) is 7.05. The number of hydrogen-bond donors (Lipinski definition) is 3. The molecule has 0 aromatic heterocycles. The van der Waals surface area contributed by atoms with E-state index in [1.807, 2.05) is 13.8 Å². The fraction of sp³-hybridized carbons (Fsp3) is 0.909. The third kappa shape index (κ3) is 4.18. The van der Waals surface area contributed by atoms with Crippen molar-refractivity contribution in [1.29, 1.82) is 0 Å². The van der Waals surface area contributed by atoms with Crippen LogP contribution in [0.25, 0.3) is 0 Å². The van der Waals surface area contributed by atoms with Crippen molar-refractivity contribution < 1.29 is 9.90 Å². The van der Waals surface area contributed by atoms with E-state index >= 15 is 0 Å². The van der Waals surface area contributed by atoms with E-state index < -0.39 is 0 Å². The number of aliphatic hydroxyl groups excluding tert-OH is 1. The van der Waals surface area contributed by atoms with Crippen molar-refractivity contribution in [3.8, 4) is 0 Å². The topological polar surface area (TPSA) is 61.4 Å². The highest BCUT2D eigenvalue weighted by atomic mass is 16.3. The molecule has 1 aliphatic heterocycles. The van der Waals surface area contributed by atoms with Crippen LogP contribution in [0.15, 0.2) is 0 Å². The fourth-order valence-electron chi connectivity index (χ4n) is 1.75. The normalized spacial score (nSPS) is 21.7. The highest BCUT2D eigenvalue weighted by molar-refractivity contribution is 5.82. The lowest BCUT2D eigenvalue weighted by atomic mass is 9.89. The minimum atomic E-state index is -0.0248. The van der Waals surface area contributed by atoms with Crippen LogP contribution in [-0.2, 0) is 4.79 Å². The summed E-state index contributed by atoms with van der Waals surface area (Å²) < 4.78 is 0. The molecule has 1 atom stereocenters. The Balaban J connectivity index is 2.26. The Bertz CT molecular complexity index is 211. The summed E-state index contributed by atoms with van der Waals surface area (Å²) in [6.07, 6.45) is 2.73. The number of carbonyl (C=O) groups excluding carboxylic acids is 1. The first-order valence-corrected chi connectivity index (χ1v) is 5.67. The van der Waals surface area contributed by atoms with E-state index in [-0.39, 0.29) is 24.0 Å². The van der Waals surface area contributed by atoms with Gasteiger partial charge in [0.25, 0.3) is 0 Å². The molecule has 0 aromatic carbocycles. The molecule has 0 aliphatic carbocycles. The Hall–Kier alpha value is -0.610. The maximum Gasteiger partial charge on any atom is 0.237 e. The molecular formula is C11H22N2O2. The summed E-state index contributed by atoms with van der Waals surface area (Å²) in [5, 5.41) is 15.0. The van der Waals surface area contributed by atoms with E-state index in [0.29, 0.717) is 13.0 Å². The summed E-state index contributed by atoms with van der Waals surface area (Å²) in [6.45, 7) is 5.84. The second-order valence-electron chi connectivity index (χ2n) is 5.00. The lowest BCUT2D eigenvalue weighted by Crippen LogP contribution is -2.44. The van der Waals surface area contributed by atoms with Gasteiger partial charge in [0, 0.05) is 13.2 Å². The van der Waals surface area contributed by atoms with E-state index in [9.17, 15) is 4.79 Å². The van der Waals surface area contributed by atoms with Crippen molar-refractivity contribution in [3.05, 3.63) is 0 Å². The number of rotatable bonds is 5. The lowest BCUT2D eigenvalue weighted by Gasteiger charge is -2.24. The Morgan fingerprint density at radius 2 is 2.33 bits per heavy atom. The number of carbonyl (C=O) groups is 1. The molecule has 3 N–H and O–H groups in total. The number of amides is 1. The number of nitrogens with one attached hydrogen (secondary N) is 2. The quantitative estimate of drug-likeness (QED) is 0.615. The van der Waals surface area contributed by atoms with Crippen molar-refractivity contribution in [2.75, 3.05) is 19.7 Å². The van der Waals surface area contributed by atoms with Gasteiger partial charge in [-0.1, -0.05) is 13.8 Å². The van der Waals surface area contributed by atoms with Gasteiger partial charge in [-0.15, -0.1) is 0 Å². The Morgan fingerprint density at radius 1 is 1.60 bits per heavy atom. The second-order valence-corrected chi connectivity index (χ2v) is 5.00. The van der Waals surface area contributed by atoms with Crippen LogP contribution in [0.2, 0.25) is 0 Å². The molecule has 1 amide bonds. The SMILES string of the molecule is CC(C)(CCO)CNC(=O)C1CCCN1. The van der Waals surface area contributed by atoms with Crippen molar-refractivity contribution in [2.45, 2.75) is 39.2 Å². The Labute approximate surface area is 91.4 Å². The molecule has 4 heteroatoms. The van der Waals surface area contributed by atoms with Gasteiger partial charge < -0.3 is 15.7 Å². The summed E-state index contributed by atoms with van der Waals surface area (Å²) in [5.74, 6) is 0.0958. The highest BCUT2D eigenvalue weighted by Gasteiger charge is 2.24. The monoisotopic (exact) mass is 214 g/mol.